The Hall–Kier alpha value is -2.55. The van der Waals surface area contributed by atoms with Crippen molar-refractivity contribution in [1.29, 1.82) is 0 Å². The lowest BCUT2D eigenvalue weighted by atomic mass is 10.2. The zero-order valence-corrected chi connectivity index (χ0v) is 16.4. The number of fused-ring (bicyclic) bond motifs is 1. The minimum atomic E-state index is -3.47. The molecular formula is C19H20F3N3O2S. The molecule has 0 unspecified atom stereocenters. The predicted octanol–water partition coefficient (Wildman–Crippen LogP) is 4.82. The Bertz CT molecular complexity index is 1120. The highest BCUT2D eigenvalue weighted by molar-refractivity contribution is 7.91. The van der Waals surface area contributed by atoms with Gasteiger partial charge in [-0.05, 0) is 42.3 Å². The average Bonchev–Trinajstić information content (AvgIpc) is 2.90. The summed E-state index contributed by atoms with van der Waals surface area (Å²) < 4.78 is 66.0. The Kier molecular flexibility index (Phi) is 5.38. The number of nitrogens with one attached hydrogen (secondary N) is 1. The molecular weight excluding hydrogens is 391 g/mol. The van der Waals surface area contributed by atoms with Crippen LogP contribution in [0.2, 0.25) is 0 Å². The van der Waals surface area contributed by atoms with Crippen molar-refractivity contribution in [3.8, 4) is 0 Å². The molecule has 1 N–H and O–H groups in total. The van der Waals surface area contributed by atoms with Crippen molar-refractivity contribution < 1.29 is 21.6 Å². The van der Waals surface area contributed by atoms with Crippen LogP contribution in [0.4, 0.5) is 24.7 Å². The Balaban J connectivity index is 2.05. The van der Waals surface area contributed by atoms with Crippen molar-refractivity contribution in [2.75, 3.05) is 11.1 Å². The van der Waals surface area contributed by atoms with Gasteiger partial charge in [0.05, 0.1) is 21.7 Å². The van der Waals surface area contributed by atoms with E-state index in [0.717, 1.165) is 12.1 Å². The molecule has 5 nitrogen and oxygen atoms in total. The van der Waals surface area contributed by atoms with Gasteiger partial charge >= 0.3 is 0 Å². The van der Waals surface area contributed by atoms with Crippen LogP contribution in [0.1, 0.15) is 25.8 Å². The maximum atomic E-state index is 13.5. The monoisotopic (exact) mass is 411 g/mol. The van der Waals surface area contributed by atoms with Crippen LogP contribution in [0.15, 0.2) is 41.3 Å². The summed E-state index contributed by atoms with van der Waals surface area (Å²) >= 11 is 0. The number of rotatable bonds is 6. The molecule has 1 heterocycles. The molecule has 0 bridgehead atoms. The van der Waals surface area contributed by atoms with Crippen LogP contribution in [0.5, 0.6) is 0 Å². The summed E-state index contributed by atoms with van der Waals surface area (Å²) in [6.45, 7) is 3.64. The lowest BCUT2D eigenvalue weighted by Gasteiger charge is -2.09. The molecule has 150 valence electrons. The fraction of sp³-hybridized carbons (Fsp3) is 0.316. The number of aryl methyl sites for hydroxylation is 1. The molecule has 0 fully saturated rings. The van der Waals surface area contributed by atoms with Gasteiger partial charge < -0.3 is 5.32 Å². The van der Waals surface area contributed by atoms with Gasteiger partial charge in [0, 0.05) is 18.1 Å². The second-order valence-corrected chi connectivity index (χ2v) is 9.02. The molecule has 9 heteroatoms. The maximum absolute atomic E-state index is 13.5. The average molecular weight is 411 g/mol. The third kappa shape index (κ3) is 3.99. The van der Waals surface area contributed by atoms with Gasteiger partial charge in [-0.15, -0.1) is 0 Å². The van der Waals surface area contributed by atoms with Crippen LogP contribution >= 0.6 is 0 Å². The van der Waals surface area contributed by atoms with E-state index in [9.17, 15) is 21.6 Å². The van der Waals surface area contributed by atoms with E-state index in [1.807, 2.05) is 13.8 Å². The normalized spacial score (nSPS) is 12.3. The number of hydrogen-bond donors (Lipinski definition) is 1. The molecule has 1 aromatic heterocycles. The zero-order chi connectivity index (χ0) is 20.6. The molecule has 2 aromatic carbocycles. The van der Waals surface area contributed by atoms with Gasteiger partial charge in [0.25, 0.3) is 6.43 Å². The van der Waals surface area contributed by atoms with Gasteiger partial charge in [0.2, 0.25) is 0 Å². The molecule has 0 aliphatic carbocycles. The van der Waals surface area contributed by atoms with Crippen LogP contribution in [0.25, 0.3) is 10.9 Å². The lowest BCUT2D eigenvalue weighted by Crippen LogP contribution is -2.11. The second kappa shape index (κ2) is 7.46. The van der Waals surface area contributed by atoms with Crippen molar-refractivity contribution in [2.45, 2.75) is 25.2 Å². The third-order valence-corrected chi connectivity index (χ3v) is 6.31. The van der Waals surface area contributed by atoms with Crippen LogP contribution in [0, 0.1) is 11.7 Å². The summed E-state index contributed by atoms with van der Waals surface area (Å²) in [5.41, 5.74) is 0.180. The van der Waals surface area contributed by atoms with Crippen LogP contribution in [-0.4, -0.2) is 24.0 Å². The van der Waals surface area contributed by atoms with E-state index in [2.05, 4.69) is 10.4 Å². The van der Waals surface area contributed by atoms with Gasteiger partial charge in [-0.2, -0.15) is 5.10 Å². The number of alkyl halides is 2. The van der Waals surface area contributed by atoms with E-state index in [4.69, 9.17) is 0 Å². The first-order chi connectivity index (χ1) is 13.1. The number of aromatic nitrogens is 2. The van der Waals surface area contributed by atoms with E-state index >= 15 is 0 Å². The summed E-state index contributed by atoms with van der Waals surface area (Å²) in [5, 5.41) is 7.70. The van der Waals surface area contributed by atoms with Crippen molar-refractivity contribution in [2.24, 2.45) is 13.0 Å². The second-order valence-electron chi connectivity index (χ2n) is 6.99. The molecule has 0 aliphatic rings. The van der Waals surface area contributed by atoms with E-state index in [1.54, 1.807) is 17.8 Å². The van der Waals surface area contributed by atoms with Crippen molar-refractivity contribution in [1.82, 2.24) is 9.78 Å². The lowest BCUT2D eigenvalue weighted by molar-refractivity contribution is 0.146. The summed E-state index contributed by atoms with van der Waals surface area (Å²) in [4.78, 5) is 0.164. The molecule has 0 atom stereocenters. The quantitative estimate of drug-likeness (QED) is 0.631. The highest BCUT2D eigenvalue weighted by Gasteiger charge is 2.20. The Labute approximate surface area is 161 Å². The summed E-state index contributed by atoms with van der Waals surface area (Å²) in [7, 11) is -1.78. The SMILES string of the molecule is CC(C)CS(=O)(=O)c1ccc2c(c1)c(Nc1ccc(F)c(C(F)F)c1)nn2C. The third-order valence-electron chi connectivity index (χ3n) is 4.23. The number of benzene rings is 2. The summed E-state index contributed by atoms with van der Waals surface area (Å²) in [5.74, 6) is -0.712. The van der Waals surface area contributed by atoms with Crippen molar-refractivity contribution >= 4 is 32.2 Å². The molecule has 3 aromatic rings. The number of nitrogens with zero attached hydrogens (tertiary/aromatic N) is 2. The number of sulfone groups is 1. The van der Waals surface area contributed by atoms with Gasteiger partial charge in [0.1, 0.15) is 5.82 Å². The largest absolute Gasteiger partial charge is 0.338 e. The molecule has 3 rings (SSSR count). The number of hydrogen-bond acceptors (Lipinski definition) is 4. The van der Waals surface area contributed by atoms with Gasteiger partial charge in [-0.1, -0.05) is 13.8 Å². The first kappa shape index (κ1) is 20.2. The van der Waals surface area contributed by atoms with Crippen LogP contribution in [-0.2, 0) is 16.9 Å². The van der Waals surface area contributed by atoms with E-state index in [-0.39, 0.29) is 22.3 Å². The zero-order valence-electron chi connectivity index (χ0n) is 15.6. The van der Waals surface area contributed by atoms with Gasteiger partial charge in [-0.25, -0.2) is 21.6 Å². The fourth-order valence-corrected chi connectivity index (χ4v) is 4.63. The molecule has 0 amide bonds. The Morgan fingerprint density at radius 2 is 1.86 bits per heavy atom. The minimum Gasteiger partial charge on any atom is -0.338 e. The molecule has 0 saturated heterocycles. The smallest absolute Gasteiger partial charge is 0.266 e. The Morgan fingerprint density at radius 1 is 1.14 bits per heavy atom. The molecule has 28 heavy (non-hydrogen) atoms. The highest BCUT2D eigenvalue weighted by Crippen LogP contribution is 2.31. The van der Waals surface area contributed by atoms with E-state index in [0.29, 0.717) is 16.7 Å². The predicted molar refractivity (Wildman–Crippen MR) is 102 cm³/mol. The fourth-order valence-electron chi connectivity index (χ4n) is 2.99. The van der Waals surface area contributed by atoms with E-state index in [1.165, 1.54) is 18.2 Å². The molecule has 0 aliphatic heterocycles. The number of anilines is 2. The minimum absolute atomic E-state index is 0.0112. The standard InChI is InChI=1S/C19H20F3N3O2S/c1-11(2)10-28(26,27)13-5-7-17-15(9-13)19(24-25(17)3)23-12-4-6-16(20)14(8-12)18(21)22/h4-9,11,18H,10H2,1-3H3,(H,23,24). The maximum Gasteiger partial charge on any atom is 0.266 e. The summed E-state index contributed by atoms with van der Waals surface area (Å²) in [6.07, 6.45) is -2.95. The first-order valence-electron chi connectivity index (χ1n) is 8.62. The van der Waals surface area contributed by atoms with Crippen LogP contribution in [0.3, 0.4) is 0 Å². The van der Waals surface area contributed by atoms with Gasteiger partial charge in [-0.3, -0.25) is 4.68 Å². The van der Waals surface area contributed by atoms with Crippen LogP contribution < -0.4 is 5.32 Å². The Morgan fingerprint density at radius 3 is 2.50 bits per heavy atom. The number of halogens is 3. The van der Waals surface area contributed by atoms with E-state index < -0.39 is 27.6 Å². The topological polar surface area (TPSA) is 64.0 Å². The molecule has 0 saturated carbocycles. The van der Waals surface area contributed by atoms with Gasteiger partial charge in [0.15, 0.2) is 15.7 Å². The molecule has 0 radical (unpaired) electrons. The highest BCUT2D eigenvalue weighted by atomic mass is 32.2. The summed E-state index contributed by atoms with van der Waals surface area (Å²) in [6, 6.07) is 7.97. The first-order valence-corrected chi connectivity index (χ1v) is 10.3. The van der Waals surface area contributed by atoms with Crippen molar-refractivity contribution in [3.05, 3.63) is 47.8 Å². The van der Waals surface area contributed by atoms with Crippen molar-refractivity contribution in [3.63, 3.8) is 0 Å². The molecule has 0 spiro atoms.